The molecule has 0 unspecified atom stereocenters. The van der Waals surface area contributed by atoms with Gasteiger partial charge < -0.3 is 14.4 Å². The zero-order chi connectivity index (χ0) is 17.0. The molecular weight excluding hydrogens is 326 g/mol. The van der Waals surface area contributed by atoms with E-state index in [2.05, 4.69) is 14.9 Å². The van der Waals surface area contributed by atoms with Crippen molar-refractivity contribution in [3.63, 3.8) is 0 Å². The first kappa shape index (κ1) is 17.1. The molecule has 2 rings (SSSR count). The van der Waals surface area contributed by atoms with Crippen molar-refractivity contribution in [2.24, 2.45) is 0 Å². The van der Waals surface area contributed by atoms with Gasteiger partial charge in [0, 0.05) is 7.11 Å². The van der Waals surface area contributed by atoms with Gasteiger partial charge in [0.05, 0.1) is 23.6 Å². The van der Waals surface area contributed by atoms with Crippen molar-refractivity contribution in [3.05, 3.63) is 41.0 Å². The minimum absolute atomic E-state index is 0.0898. The Morgan fingerprint density at radius 2 is 2.13 bits per heavy atom. The molecular formula is C13H15N3O6S. The number of hydrogen-bond donors (Lipinski definition) is 2. The van der Waals surface area contributed by atoms with Crippen LogP contribution in [-0.4, -0.2) is 36.7 Å². The van der Waals surface area contributed by atoms with Gasteiger partial charge in [-0.3, -0.25) is 0 Å². The number of aromatic nitrogens is 2. The highest BCUT2D eigenvalue weighted by Gasteiger charge is 2.19. The molecule has 10 heteroatoms. The monoisotopic (exact) mass is 341 g/mol. The Kier molecular flexibility index (Phi) is 5.08. The third-order valence-corrected chi connectivity index (χ3v) is 4.20. The van der Waals surface area contributed by atoms with Crippen molar-refractivity contribution in [3.8, 4) is 0 Å². The molecule has 0 aliphatic carbocycles. The molecule has 0 saturated heterocycles. The number of benzene rings is 1. The minimum atomic E-state index is -3.94. The van der Waals surface area contributed by atoms with E-state index in [1.165, 1.54) is 19.2 Å². The molecule has 124 valence electrons. The van der Waals surface area contributed by atoms with Gasteiger partial charge in [0.1, 0.15) is 0 Å². The predicted molar refractivity (Wildman–Crippen MR) is 77.2 cm³/mol. The molecule has 0 amide bonds. The number of hydrogen-bond acceptors (Lipinski definition) is 7. The Hall–Kier alpha value is -2.30. The van der Waals surface area contributed by atoms with E-state index < -0.39 is 16.0 Å². The second-order valence-electron chi connectivity index (χ2n) is 4.66. The lowest BCUT2D eigenvalue weighted by Gasteiger charge is -2.09. The van der Waals surface area contributed by atoms with Gasteiger partial charge in [0.15, 0.2) is 5.82 Å². The summed E-state index contributed by atoms with van der Waals surface area (Å²) in [5.74, 6) is -0.737. The molecule has 0 radical (unpaired) electrons. The number of sulfonamides is 1. The van der Waals surface area contributed by atoms with E-state index in [9.17, 15) is 13.2 Å². The lowest BCUT2D eigenvalue weighted by molar-refractivity contribution is 0.0696. The Balaban J connectivity index is 2.28. The zero-order valence-corrected chi connectivity index (χ0v) is 13.3. The summed E-state index contributed by atoms with van der Waals surface area (Å²) >= 11 is 0. The number of carbonyl (C=O) groups is 1. The SMILES string of the molecule is COCc1cc(C(=O)O)cc(S(=O)(=O)NCc2nc(C)no2)c1. The van der Waals surface area contributed by atoms with Gasteiger partial charge in [0.25, 0.3) is 0 Å². The fraction of sp³-hybridized carbons (Fsp3) is 0.308. The van der Waals surface area contributed by atoms with Gasteiger partial charge in [-0.1, -0.05) is 5.16 Å². The highest BCUT2D eigenvalue weighted by atomic mass is 32.2. The van der Waals surface area contributed by atoms with Crippen molar-refractivity contribution in [2.75, 3.05) is 7.11 Å². The highest BCUT2D eigenvalue weighted by molar-refractivity contribution is 7.89. The van der Waals surface area contributed by atoms with Crippen LogP contribution >= 0.6 is 0 Å². The van der Waals surface area contributed by atoms with E-state index >= 15 is 0 Å². The van der Waals surface area contributed by atoms with Crippen LogP contribution in [0, 0.1) is 6.92 Å². The first-order chi connectivity index (χ1) is 10.8. The number of nitrogens with zero attached hydrogens (tertiary/aromatic N) is 2. The summed E-state index contributed by atoms with van der Waals surface area (Å²) in [4.78, 5) is 14.8. The van der Waals surface area contributed by atoms with Crippen LogP contribution in [0.2, 0.25) is 0 Å². The van der Waals surface area contributed by atoms with Gasteiger partial charge in [-0.05, 0) is 30.7 Å². The largest absolute Gasteiger partial charge is 0.478 e. The third kappa shape index (κ3) is 4.34. The van der Waals surface area contributed by atoms with Gasteiger partial charge in [-0.15, -0.1) is 0 Å². The van der Waals surface area contributed by atoms with Crippen molar-refractivity contribution in [1.29, 1.82) is 0 Å². The average Bonchev–Trinajstić information content (AvgIpc) is 2.91. The summed E-state index contributed by atoms with van der Waals surface area (Å²) in [6.07, 6.45) is 0. The second-order valence-corrected chi connectivity index (χ2v) is 6.43. The molecule has 1 heterocycles. The lowest BCUT2D eigenvalue weighted by atomic mass is 10.1. The Bertz CT molecular complexity index is 815. The van der Waals surface area contributed by atoms with Crippen LogP contribution in [0.3, 0.4) is 0 Å². The molecule has 1 aromatic carbocycles. The van der Waals surface area contributed by atoms with Crippen LogP contribution in [0.4, 0.5) is 0 Å². The first-order valence-corrected chi connectivity index (χ1v) is 7.95. The number of rotatable bonds is 7. The van der Waals surface area contributed by atoms with Gasteiger partial charge in [-0.2, -0.15) is 4.98 Å². The molecule has 23 heavy (non-hydrogen) atoms. The van der Waals surface area contributed by atoms with Gasteiger partial charge in [0.2, 0.25) is 15.9 Å². The summed E-state index contributed by atoms with van der Waals surface area (Å²) in [7, 11) is -2.51. The standard InChI is InChI=1S/C13H15N3O6S/c1-8-15-12(22-16-8)6-14-23(19,20)11-4-9(7-21-2)3-10(5-11)13(17)18/h3-5,14H,6-7H2,1-2H3,(H,17,18). The fourth-order valence-electron chi connectivity index (χ4n) is 1.84. The Labute approximate surface area is 132 Å². The molecule has 2 N–H and O–H groups in total. The van der Waals surface area contributed by atoms with Crippen molar-refractivity contribution >= 4 is 16.0 Å². The first-order valence-electron chi connectivity index (χ1n) is 6.47. The van der Waals surface area contributed by atoms with Gasteiger partial charge >= 0.3 is 5.97 Å². The summed E-state index contributed by atoms with van der Waals surface area (Å²) in [6.45, 7) is 1.50. The van der Waals surface area contributed by atoms with Crippen LogP contribution in [0.25, 0.3) is 0 Å². The summed E-state index contributed by atoms with van der Waals surface area (Å²) in [6, 6.07) is 3.77. The number of carboxylic acids is 1. The van der Waals surface area contributed by atoms with E-state index in [4.69, 9.17) is 14.4 Å². The number of nitrogens with one attached hydrogen (secondary N) is 1. The third-order valence-electron chi connectivity index (χ3n) is 2.82. The lowest BCUT2D eigenvalue weighted by Crippen LogP contribution is -2.24. The summed E-state index contributed by atoms with van der Waals surface area (Å²) < 4.78 is 36.6. The molecule has 9 nitrogen and oxygen atoms in total. The topological polar surface area (TPSA) is 132 Å². The maximum absolute atomic E-state index is 12.3. The van der Waals surface area contributed by atoms with E-state index in [-0.39, 0.29) is 29.5 Å². The quantitative estimate of drug-likeness (QED) is 0.752. The normalized spacial score (nSPS) is 11.6. The van der Waals surface area contributed by atoms with Crippen LogP contribution in [0.1, 0.15) is 27.6 Å². The molecule has 0 fully saturated rings. The maximum Gasteiger partial charge on any atom is 0.335 e. The maximum atomic E-state index is 12.3. The number of ether oxygens (including phenoxy) is 1. The van der Waals surface area contributed by atoms with E-state index in [1.807, 2.05) is 0 Å². The van der Waals surface area contributed by atoms with Crippen molar-refractivity contribution < 1.29 is 27.6 Å². The molecule has 1 aromatic heterocycles. The number of carboxylic acid groups (broad SMARTS) is 1. The minimum Gasteiger partial charge on any atom is -0.478 e. The fourth-order valence-corrected chi connectivity index (χ4v) is 2.91. The van der Waals surface area contributed by atoms with E-state index in [0.717, 1.165) is 6.07 Å². The Morgan fingerprint density at radius 3 is 2.70 bits per heavy atom. The molecule has 0 saturated carbocycles. The van der Waals surface area contributed by atoms with E-state index in [1.54, 1.807) is 6.92 Å². The number of aromatic carboxylic acids is 1. The smallest absolute Gasteiger partial charge is 0.335 e. The van der Waals surface area contributed by atoms with Crippen molar-refractivity contribution in [2.45, 2.75) is 25.0 Å². The average molecular weight is 341 g/mol. The Morgan fingerprint density at radius 1 is 1.39 bits per heavy atom. The zero-order valence-electron chi connectivity index (χ0n) is 12.4. The predicted octanol–water partition coefficient (Wildman–Crippen LogP) is 0.701. The highest BCUT2D eigenvalue weighted by Crippen LogP contribution is 2.17. The van der Waals surface area contributed by atoms with Crippen molar-refractivity contribution in [1.82, 2.24) is 14.9 Å². The number of aryl methyl sites for hydroxylation is 1. The van der Waals surface area contributed by atoms with E-state index in [0.29, 0.717) is 11.4 Å². The molecule has 0 bridgehead atoms. The number of methoxy groups -OCH3 is 1. The molecule has 0 aliphatic rings. The van der Waals surface area contributed by atoms with Crippen LogP contribution < -0.4 is 4.72 Å². The summed E-state index contributed by atoms with van der Waals surface area (Å²) in [5, 5.41) is 12.6. The molecule has 0 atom stereocenters. The van der Waals surface area contributed by atoms with Crippen LogP contribution in [0.15, 0.2) is 27.6 Å². The molecule has 2 aromatic rings. The summed E-state index contributed by atoms with van der Waals surface area (Å²) in [5.41, 5.74) is 0.287. The molecule has 0 spiro atoms. The van der Waals surface area contributed by atoms with Crippen LogP contribution in [-0.2, 0) is 27.9 Å². The van der Waals surface area contributed by atoms with Gasteiger partial charge in [-0.25, -0.2) is 17.9 Å². The van der Waals surface area contributed by atoms with Crippen LogP contribution in [0.5, 0.6) is 0 Å². The second kappa shape index (κ2) is 6.86. The molecule has 0 aliphatic heterocycles.